The third-order valence-corrected chi connectivity index (χ3v) is 1.04. The summed E-state index contributed by atoms with van der Waals surface area (Å²) in [4.78, 5) is 10.3. The van der Waals surface area contributed by atoms with Gasteiger partial charge in [-0.15, -0.1) is 0 Å². The number of carbonyl (C=O) groups is 1. The predicted octanol–water partition coefficient (Wildman–Crippen LogP) is 1.53. The van der Waals surface area contributed by atoms with Gasteiger partial charge in [-0.2, -0.15) is 0 Å². The Morgan fingerprint density at radius 3 is 2.57 bits per heavy atom. The minimum atomic E-state index is 0.113. The van der Waals surface area contributed by atoms with Crippen LogP contribution in [0.3, 0.4) is 0 Å². The maximum atomic E-state index is 10.3. The summed E-state index contributed by atoms with van der Waals surface area (Å²) < 4.78 is 0. The van der Waals surface area contributed by atoms with E-state index >= 15 is 0 Å². The molecule has 0 fully saturated rings. The number of hydrogen-bond acceptors (Lipinski definition) is 1. The molecule has 0 unspecified atom stereocenters. The lowest BCUT2D eigenvalue weighted by Gasteiger charge is -1.76. The molecule has 0 radical (unpaired) electrons. The van der Waals surface area contributed by atoms with E-state index < -0.39 is 0 Å². The highest BCUT2D eigenvalue weighted by molar-refractivity contribution is 9.09. The van der Waals surface area contributed by atoms with Crippen LogP contribution < -0.4 is 0 Å². The highest BCUT2D eigenvalue weighted by atomic mass is 79.9. The molecule has 1 nitrogen and oxygen atoms in total. The number of hydrogen-bond donors (Lipinski definition) is 0. The standard InChI is InChI=1S/C5H7BrO/c1-2-3-5(7)4-6/h2-3H,4H2,1H3. The van der Waals surface area contributed by atoms with Crippen molar-refractivity contribution in [3.63, 3.8) is 0 Å². The fraction of sp³-hybridized carbons (Fsp3) is 0.400. The van der Waals surface area contributed by atoms with Crippen LogP contribution in [-0.4, -0.2) is 11.1 Å². The molecule has 0 spiro atoms. The van der Waals surface area contributed by atoms with Crippen molar-refractivity contribution in [3.8, 4) is 0 Å². The summed E-state index contributed by atoms with van der Waals surface area (Å²) in [7, 11) is 0. The molecule has 0 aliphatic carbocycles. The number of rotatable bonds is 2. The summed E-state index contributed by atoms with van der Waals surface area (Å²) in [6.07, 6.45) is 3.26. The van der Waals surface area contributed by atoms with Crippen molar-refractivity contribution in [1.29, 1.82) is 0 Å². The SMILES string of the molecule is CC=CC(=O)CBr. The van der Waals surface area contributed by atoms with Crippen molar-refractivity contribution in [3.05, 3.63) is 12.2 Å². The van der Waals surface area contributed by atoms with Crippen LogP contribution in [0.15, 0.2) is 12.2 Å². The normalized spacial score (nSPS) is 10.0. The van der Waals surface area contributed by atoms with Crippen LogP contribution in [0.1, 0.15) is 6.92 Å². The van der Waals surface area contributed by atoms with E-state index in [0.717, 1.165) is 0 Å². The summed E-state index contributed by atoms with van der Waals surface area (Å²) in [5.74, 6) is 0.113. The Bertz CT molecular complexity index is 86.1. The van der Waals surface area contributed by atoms with Gasteiger partial charge in [-0.05, 0) is 13.0 Å². The van der Waals surface area contributed by atoms with Gasteiger partial charge in [0.25, 0.3) is 0 Å². The molecule has 0 aromatic carbocycles. The zero-order valence-corrected chi connectivity index (χ0v) is 5.73. The zero-order valence-electron chi connectivity index (χ0n) is 4.15. The Balaban J connectivity index is 3.37. The second-order valence-electron chi connectivity index (χ2n) is 1.10. The van der Waals surface area contributed by atoms with Gasteiger partial charge in [0.2, 0.25) is 0 Å². The molecular weight excluding hydrogens is 156 g/mol. The molecule has 0 amide bonds. The third kappa shape index (κ3) is 3.73. The topological polar surface area (TPSA) is 17.1 Å². The molecule has 0 bridgehead atoms. The molecule has 40 valence electrons. The van der Waals surface area contributed by atoms with Gasteiger partial charge in [-0.1, -0.05) is 22.0 Å². The minimum Gasteiger partial charge on any atom is -0.294 e. The summed E-state index contributed by atoms with van der Waals surface area (Å²) >= 11 is 3.01. The van der Waals surface area contributed by atoms with Gasteiger partial charge in [-0.3, -0.25) is 4.79 Å². The lowest BCUT2D eigenvalue weighted by Crippen LogP contribution is -1.90. The van der Waals surface area contributed by atoms with E-state index in [1.54, 1.807) is 6.08 Å². The van der Waals surface area contributed by atoms with Crippen LogP contribution in [0.2, 0.25) is 0 Å². The van der Waals surface area contributed by atoms with Gasteiger partial charge >= 0.3 is 0 Å². The van der Waals surface area contributed by atoms with E-state index in [-0.39, 0.29) is 5.78 Å². The largest absolute Gasteiger partial charge is 0.294 e. The summed E-state index contributed by atoms with van der Waals surface area (Å²) in [5.41, 5.74) is 0. The second kappa shape index (κ2) is 4.06. The molecule has 0 aliphatic rings. The molecule has 0 heterocycles. The molecule has 0 aromatic heterocycles. The summed E-state index contributed by atoms with van der Waals surface area (Å²) in [6.45, 7) is 1.82. The monoisotopic (exact) mass is 162 g/mol. The predicted molar refractivity (Wildman–Crippen MR) is 33.6 cm³/mol. The molecule has 2 heteroatoms. The first-order valence-electron chi connectivity index (χ1n) is 2.02. The zero-order chi connectivity index (χ0) is 5.70. The molecule has 7 heavy (non-hydrogen) atoms. The van der Waals surface area contributed by atoms with Crippen LogP contribution in [0.25, 0.3) is 0 Å². The van der Waals surface area contributed by atoms with Crippen molar-refractivity contribution < 1.29 is 4.79 Å². The van der Waals surface area contributed by atoms with Crippen molar-refractivity contribution >= 4 is 21.7 Å². The molecule has 0 atom stereocenters. The number of ketones is 1. The lowest BCUT2D eigenvalue weighted by atomic mass is 10.4. The van der Waals surface area contributed by atoms with Gasteiger partial charge < -0.3 is 0 Å². The molecule has 0 N–H and O–H groups in total. The van der Waals surface area contributed by atoms with Crippen LogP contribution in [-0.2, 0) is 4.79 Å². The van der Waals surface area contributed by atoms with Gasteiger partial charge in [-0.25, -0.2) is 0 Å². The van der Waals surface area contributed by atoms with E-state index in [4.69, 9.17) is 0 Å². The number of halogens is 1. The first kappa shape index (κ1) is 6.89. The fourth-order valence-corrected chi connectivity index (χ4v) is 0.417. The first-order valence-corrected chi connectivity index (χ1v) is 3.15. The fourth-order valence-electron chi connectivity index (χ4n) is 0.230. The second-order valence-corrected chi connectivity index (χ2v) is 1.66. The molecular formula is C5H7BrO. The molecule has 0 saturated heterocycles. The number of allylic oxidation sites excluding steroid dienone is 2. The van der Waals surface area contributed by atoms with E-state index in [1.807, 2.05) is 6.92 Å². The third-order valence-electron chi connectivity index (χ3n) is 0.484. The Morgan fingerprint density at radius 2 is 2.43 bits per heavy atom. The van der Waals surface area contributed by atoms with Crippen molar-refractivity contribution in [1.82, 2.24) is 0 Å². The Morgan fingerprint density at radius 1 is 1.86 bits per heavy atom. The first-order chi connectivity index (χ1) is 3.31. The Kier molecular flexibility index (Phi) is 4.00. The maximum Gasteiger partial charge on any atom is 0.165 e. The molecule has 0 aliphatic heterocycles. The summed E-state index contributed by atoms with van der Waals surface area (Å²) in [6, 6.07) is 0. The van der Waals surface area contributed by atoms with E-state index in [2.05, 4.69) is 15.9 Å². The number of alkyl halides is 1. The van der Waals surface area contributed by atoms with E-state index in [1.165, 1.54) is 6.08 Å². The maximum absolute atomic E-state index is 10.3. The van der Waals surface area contributed by atoms with Gasteiger partial charge in [0.1, 0.15) is 0 Å². The average Bonchev–Trinajstić information content (AvgIpc) is 1.68. The smallest absolute Gasteiger partial charge is 0.165 e. The van der Waals surface area contributed by atoms with Crippen molar-refractivity contribution in [2.24, 2.45) is 0 Å². The molecule has 0 saturated carbocycles. The van der Waals surface area contributed by atoms with Crippen LogP contribution in [0.5, 0.6) is 0 Å². The Labute approximate surface area is 51.5 Å². The van der Waals surface area contributed by atoms with Crippen molar-refractivity contribution in [2.75, 3.05) is 5.33 Å². The van der Waals surface area contributed by atoms with E-state index in [0.29, 0.717) is 5.33 Å². The highest BCUT2D eigenvalue weighted by Crippen LogP contribution is 1.82. The van der Waals surface area contributed by atoms with Crippen LogP contribution in [0.4, 0.5) is 0 Å². The van der Waals surface area contributed by atoms with Crippen LogP contribution >= 0.6 is 15.9 Å². The molecule has 0 aromatic rings. The van der Waals surface area contributed by atoms with Crippen molar-refractivity contribution in [2.45, 2.75) is 6.92 Å². The Hall–Kier alpha value is -0.110. The quantitative estimate of drug-likeness (QED) is 0.445. The number of carbonyl (C=O) groups excluding carboxylic acids is 1. The van der Waals surface area contributed by atoms with Gasteiger partial charge in [0, 0.05) is 0 Å². The van der Waals surface area contributed by atoms with Gasteiger partial charge in [0.05, 0.1) is 5.33 Å². The summed E-state index contributed by atoms with van der Waals surface area (Å²) in [5, 5.41) is 0.428. The minimum absolute atomic E-state index is 0.113. The molecule has 0 rings (SSSR count). The highest BCUT2D eigenvalue weighted by Gasteiger charge is 1.85. The van der Waals surface area contributed by atoms with Gasteiger partial charge in [0.15, 0.2) is 5.78 Å². The van der Waals surface area contributed by atoms with Crippen LogP contribution in [0, 0.1) is 0 Å². The average molecular weight is 163 g/mol. The lowest BCUT2D eigenvalue weighted by molar-refractivity contribution is -0.112. The van der Waals surface area contributed by atoms with E-state index in [9.17, 15) is 4.79 Å².